The second kappa shape index (κ2) is 11.5. The number of rotatable bonds is 8. The number of aliphatic hydroxyl groups excluding tert-OH is 3. The highest BCUT2D eigenvalue weighted by molar-refractivity contribution is 5.86. The molecule has 43 heavy (non-hydrogen) atoms. The number of H-pyrrole nitrogens is 1. The first-order valence-electron chi connectivity index (χ1n) is 16.5. The number of para-hydroxylation sites is 1. The van der Waals surface area contributed by atoms with E-state index in [1.165, 1.54) is 0 Å². The Kier molecular flexibility index (Phi) is 8.18. The van der Waals surface area contributed by atoms with Crippen molar-refractivity contribution in [3.8, 4) is 0 Å². The van der Waals surface area contributed by atoms with Gasteiger partial charge < -0.3 is 30.7 Å². The molecule has 4 aliphatic carbocycles. The van der Waals surface area contributed by atoms with Gasteiger partial charge in [0.2, 0.25) is 5.91 Å². The third-order valence-corrected chi connectivity index (χ3v) is 13.1. The summed E-state index contributed by atoms with van der Waals surface area (Å²) < 4.78 is 0. The Hall–Kier alpha value is -2.42. The SMILES string of the molecule is C[C@H](CCC(=O)N[C@@H](Cc1c[nH]c2ccccc12)C(=O)O)[C@H]1CC[C@H]2[C@@H]3[C@H](O)C[C@@H]4C[C@H](O)CC[C@]4(C)[C@H]3C[C@H](O)[C@]12C. The molecule has 0 saturated heterocycles. The first-order valence-corrected chi connectivity index (χ1v) is 16.5. The molecule has 4 fully saturated rings. The highest BCUT2D eigenvalue weighted by Gasteiger charge is 2.65. The number of benzene rings is 1. The lowest BCUT2D eigenvalue weighted by atomic mass is 9.43. The van der Waals surface area contributed by atoms with E-state index in [1.807, 2.05) is 30.5 Å². The second-order valence-corrected chi connectivity index (χ2v) is 15.1. The fraction of sp³-hybridized carbons (Fsp3) is 0.714. The van der Waals surface area contributed by atoms with E-state index in [0.29, 0.717) is 18.8 Å². The second-order valence-electron chi connectivity index (χ2n) is 15.1. The predicted octanol–water partition coefficient (Wildman–Crippen LogP) is 4.66. The molecule has 4 aliphatic rings. The number of aliphatic carboxylic acids is 1. The lowest BCUT2D eigenvalue weighted by Gasteiger charge is -2.63. The van der Waals surface area contributed by atoms with Crippen molar-refractivity contribution in [1.82, 2.24) is 10.3 Å². The molecule has 0 aliphatic heterocycles. The Morgan fingerprint density at radius 3 is 2.58 bits per heavy atom. The average molecular weight is 595 g/mol. The molecule has 1 aromatic carbocycles. The Bertz CT molecular complexity index is 1340. The van der Waals surface area contributed by atoms with Crippen molar-refractivity contribution in [2.75, 3.05) is 0 Å². The fourth-order valence-electron chi connectivity index (χ4n) is 10.7. The van der Waals surface area contributed by atoms with Gasteiger partial charge in [0.05, 0.1) is 18.3 Å². The third-order valence-electron chi connectivity index (χ3n) is 13.1. The highest BCUT2D eigenvalue weighted by atomic mass is 16.4. The standard InChI is InChI=1S/C35H50N2O6/c1-19(8-11-31(41)37-28(33(42)43)14-20-18-36-27-7-5-4-6-23(20)27)24-9-10-25-32-26(17-30(40)35(24,25)3)34(2)13-12-22(38)15-21(34)16-29(32)39/h4-7,18-19,21-22,24-26,28-30,32,36,38-40H,8-17H2,1-3H3,(H,37,41)(H,42,43)/t19-,21+,22-,24-,25+,26+,28+,29-,30+,32+,34+,35-/m1/s1. The van der Waals surface area contributed by atoms with E-state index in [2.05, 4.69) is 31.1 Å². The first-order chi connectivity index (χ1) is 20.4. The number of nitrogens with one attached hydrogen (secondary N) is 2. The Morgan fingerprint density at radius 2 is 1.81 bits per heavy atom. The largest absolute Gasteiger partial charge is 0.480 e. The van der Waals surface area contributed by atoms with Crippen LogP contribution in [0, 0.1) is 46.3 Å². The van der Waals surface area contributed by atoms with Gasteiger partial charge in [-0.3, -0.25) is 4.79 Å². The van der Waals surface area contributed by atoms with Crippen LogP contribution in [0.4, 0.5) is 0 Å². The van der Waals surface area contributed by atoms with Crippen LogP contribution < -0.4 is 5.32 Å². The fourth-order valence-corrected chi connectivity index (χ4v) is 10.7. The van der Waals surface area contributed by atoms with Crippen LogP contribution in [-0.2, 0) is 16.0 Å². The van der Waals surface area contributed by atoms with Crippen molar-refractivity contribution < 1.29 is 30.0 Å². The summed E-state index contributed by atoms with van der Waals surface area (Å²) in [6.45, 7) is 6.74. The number of fused-ring (bicyclic) bond motifs is 6. The van der Waals surface area contributed by atoms with Gasteiger partial charge in [0.25, 0.3) is 0 Å². The van der Waals surface area contributed by atoms with Crippen molar-refractivity contribution >= 4 is 22.8 Å². The van der Waals surface area contributed by atoms with Crippen molar-refractivity contribution in [2.24, 2.45) is 46.3 Å². The monoisotopic (exact) mass is 594 g/mol. The van der Waals surface area contributed by atoms with Crippen LogP contribution in [0.2, 0.25) is 0 Å². The van der Waals surface area contributed by atoms with Gasteiger partial charge in [-0.1, -0.05) is 39.0 Å². The van der Waals surface area contributed by atoms with Crippen molar-refractivity contribution in [2.45, 2.75) is 109 Å². The summed E-state index contributed by atoms with van der Waals surface area (Å²) in [7, 11) is 0. The maximum atomic E-state index is 13.0. The molecule has 6 N–H and O–H groups in total. The van der Waals surface area contributed by atoms with E-state index < -0.39 is 24.2 Å². The van der Waals surface area contributed by atoms with Crippen LogP contribution in [0.15, 0.2) is 30.5 Å². The van der Waals surface area contributed by atoms with Crippen LogP contribution in [0.1, 0.15) is 84.1 Å². The van der Waals surface area contributed by atoms with E-state index in [-0.39, 0.29) is 65.3 Å². The maximum Gasteiger partial charge on any atom is 0.326 e. The molecule has 0 unspecified atom stereocenters. The van der Waals surface area contributed by atoms with Crippen LogP contribution >= 0.6 is 0 Å². The summed E-state index contributed by atoms with van der Waals surface area (Å²) in [5.41, 5.74) is 1.52. The van der Waals surface area contributed by atoms with E-state index in [0.717, 1.165) is 55.0 Å². The summed E-state index contributed by atoms with van der Waals surface area (Å²) in [6.07, 6.45) is 7.60. The van der Waals surface area contributed by atoms with Gasteiger partial charge in [-0.2, -0.15) is 0 Å². The van der Waals surface area contributed by atoms with E-state index in [9.17, 15) is 30.0 Å². The smallest absolute Gasteiger partial charge is 0.326 e. The number of hydrogen-bond donors (Lipinski definition) is 6. The summed E-state index contributed by atoms with van der Waals surface area (Å²) >= 11 is 0. The molecule has 12 atom stereocenters. The molecule has 1 heterocycles. The van der Waals surface area contributed by atoms with Gasteiger partial charge >= 0.3 is 5.97 Å². The Labute approximate surface area is 254 Å². The number of aromatic amines is 1. The van der Waals surface area contributed by atoms with Crippen LogP contribution in [0.5, 0.6) is 0 Å². The molecule has 6 rings (SSSR count). The zero-order valence-corrected chi connectivity index (χ0v) is 25.8. The number of hydrogen-bond acceptors (Lipinski definition) is 5. The Morgan fingerprint density at radius 1 is 1.05 bits per heavy atom. The number of amides is 1. The van der Waals surface area contributed by atoms with Crippen molar-refractivity contribution in [3.63, 3.8) is 0 Å². The molecular formula is C35H50N2O6. The topological polar surface area (TPSA) is 143 Å². The molecule has 0 radical (unpaired) electrons. The lowest BCUT2D eigenvalue weighted by molar-refractivity contribution is -0.207. The summed E-state index contributed by atoms with van der Waals surface area (Å²) in [4.78, 5) is 28.3. The molecule has 2 aromatic rings. The van der Waals surface area contributed by atoms with Crippen LogP contribution in [0.25, 0.3) is 10.9 Å². The van der Waals surface area contributed by atoms with Crippen molar-refractivity contribution in [1.29, 1.82) is 0 Å². The van der Waals surface area contributed by atoms with Gasteiger partial charge in [0.15, 0.2) is 0 Å². The first kappa shape index (κ1) is 30.6. The molecule has 1 amide bonds. The highest BCUT2D eigenvalue weighted by Crippen LogP contribution is 2.68. The molecule has 1 aromatic heterocycles. The Balaban J connectivity index is 1.10. The zero-order chi connectivity index (χ0) is 30.7. The molecular weight excluding hydrogens is 544 g/mol. The minimum Gasteiger partial charge on any atom is -0.480 e. The minimum atomic E-state index is -1.05. The van der Waals surface area contributed by atoms with Crippen LogP contribution in [-0.4, -0.2) is 61.6 Å². The third kappa shape index (κ3) is 5.21. The van der Waals surface area contributed by atoms with E-state index in [4.69, 9.17) is 0 Å². The number of aromatic nitrogens is 1. The number of carbonyl (C=O) groups is 2. The predicted molar refractivity (Wildman–Crippen MR) is 164 cm³/mol. The normalized spacial score (nSPS) is 40.2. The minimum absolute atomic E-state index is 0.0423. The molecule has 8 nitrogen and oxygen atoms in total. The van der Waals surface area contributed by atoms with Gasteiger partial charge in [-0.15, -0.1) is 0 Å². The van der Waals surface area contributed by atoms with Gasteiger partial charge in [0, 0.05) is 29.9 Å². The molecule has 4 saturated carbocycles. The molecule has 0 spiro atoms. The average Bonchev–Trinajstić information content (AvgIpc) is 3.54. The summed E-state index contributed by atoms with van der Waals surface area (Å²) in [6, 6.07) is 6.73. The quantitative estimate of drug-likeness (QED) is 0.263. The molecule has 8 heteroatoms. The number of carboxylic acid groups (broad SMARTS) is 1. The van der Waals surface area contributed by atoms with Gasteiger partial charge in [-0.25, -0.2) is 4.79 Å². The molecule has 236 valence electrons. The van der Waals surface area contributed by atoms with Crippen molar-refractivity contribution in [3.05, 3.63) is 36.0 Å². The number of carboxylic acids is 1. The summed E-state index contributed by atoms with van der Waals surface area (Å²) in [5, 5.41) is 47.3. The van der Waals surface area contributed by atoms with Gasteiger partial charge in [0.1, 0.15) is 6.04 Å². The van der Waals surface area contributed by atoms with E-state index in [1.54, 1.807) is 0 Å². The van der Waals surface area contributed by atoms with E-state index >= 15 is 0 Å². The van der Waals surface area contributed by atoms with Gasteiger partial charge in [-0.05, 0) is 109 Å². The lowest BCUT2D eigenvalue weighted by Crippen LogP contribution is -2.62. The maximum absolute atomic E-state index is 13.0. The zero-order valence-electron chi connectivity index (χ0n) is 25.8. The van der Waals surface area contributed by atoms with Crippen LogP contribution in [0.3, 0.4) is 0 Å². The molecule has 0 bridgehead atoms. The number of carbonyl (C=O) groups excluding carboxylic acids is 1. The number of aliphatic hydroxyl groups is 3. The summed E-state index contributed by atoms with van der Waals surface area (Å²) in [5.74, 6) is 0.0414.